The highest BCUT2D eigenvalue weighted by Crippen LogP contribution is 2.14. The zero-order chi connectivity index (χ0) is 19.5. The van der Waals surface area contributed by atoms with Crippen LogP contribution in [0.5, 0.6) is 0 Å². The van der Waals surface area contributed by atoms with Gasteiger partial charge < -0.3 is 20.1 Å². The first-order valence-corrected chi connectivity index (χ1v) is 9.21. The first-order chi connectivity index (χ1) is 13.1. The summed E-state index contributed by atoms with van der Waals surface area (Å²) in [6.45, 7) is 3.47. The summed E-state index contributed by atoms with van der Waals surface area (Å²) in [4.78, 5) is 23.5. The fraction of sp³-hybridized carbons (Fsp3) is 0.579. The molecule has 8 heteroatoms. The predicted molar refractivity (Wildman–Crippen MR) is 95.3 cm³/mol. The van der Waals surface area contributed by atoms with E-state index in [1.165, 1.54) is 0 Å². The average Bonchev–Trinajstić information content (AvgIpc) is 2.65. The average molecular weight is 384 g/mol. The van der Waals surface area contributed by atoms with Gasteiger partial charge in [-0.25, -0.2) is 8.78 Å². The molecule has 150 valence electrons. The third-order valence-electron chi connectivity index (χ3n) is 4.30. The fourth-order valence-electron chi connectivity index (χ4n) is 2.71. The van der Waals surface area contributed by atoms with E-state index in [-0.39, 0.29) is 24.4 Å². The minimum Gasteiger partial charge on any atom is -0.381 e. The van der Waals surface area contributed by atoms with Crippen LogP contribution >= 0.6 is 0 Å². The highest BCUT2D eigenvalue weighted by molar-refractivity contribution is 5.94. The van der Waals surface area contributed by atoms with Crippen LogP contribution in [0.15, 0.2) is 18.2 Å². The Morgan fingerprint density at radius 2 is 1.93 bits per heavy atom. The number of ether oxygens (including phenoxy) is 2. The van der Waals surface area contributed by atoms with E-state index in [0.717, 1.165) is 44.8 Å². The summed E-state index contributed by atoms with van der Waals surface area (Å²) in [6.07, 6.45) is 2.86. The van der Waals surface area contributed by atoms with Crippen molar-refractivity contribution in [2.75, 3.05) is 39.5 Å². The lowest BCUT2D eigenvalue weighted by Crippen LogP contribution is -2.31. The van der Waals surface area contributed by atoms with Gasteiger partial charge in [0.15, 0.2) is 0 Å². The van der Waals surface area contributed by atoms with Gasteiger partial charge in [0.1, 0.15) is 11.6 Å². The summed E-state index contributed by atoms with van der Waals surface area (Å²) >= 11 is 0. The zero-order valence-electron chi connectivity index (χ0n) is 15.3. The monoisotopic (exact) mass is 384 g/mol. The van der Waals surface area contributed by atoms with Crippen molar-refractivity contribution in [2.45, 2.75) is 25.7 Å². The first-order valence-electron chi connectivity index (χ1n) is 9.21. The van der Waals surface area contributed by atoms with Gasteiger partial charge in [-0.1, -0.05) is 0 Å². The van der Waals surface area contributed by atoms with Crippen molar-refractivity contribution < 1.29 is 27.8 Å². The lowest BCUT2D eigenvalue weighted by atomic mass is 10.0. The molecule has 0 atom stereocenters. The van der Waals surface area contributed by atoms with Gasteiger partial charge in [-0.15, -0.1) is 0 Å². The van der Waals surface area contributed by atoms with Gasteiger partial charge in [0.2, 0.25) is 5.91 Å². The van der Waals surface area contributed by atoms with E-state index in [1.54, 1.807) is 0 Å². The van der Waals surface area contributed by atoms with Crippen LogP contribution in [0.3, 0.4) is 0 Å². The van der Waals surface area contributed by atoms with Gasteiger partial charge in [0.25, 0.3) is 5.91 Å². The van der Waals surface area contributed by atoms with E-state index >= 15 is 0 Å². The minimum absolute atomic E-state index is 0.0712. The van der Waals surface area contributed by atoms with Crippen LogP contribution in [0.1, 0.15) is 36.0 Å². The molecule has 0 radical (unpaired) electrons. The summed E-state index contributed by atoms with van der Waals surface area (Å²) in [6, 6.07) is 2.72. The Morgan fingerprint density at radius 1 is 1.15 bits per heavy atom. The van der Waals surface area contributed by atoms with Crippen molar-refractivity contribution in [3.05, 3.63) is 35.4 Å². The van der Waals surface area contributed by atoms with Crippen molar-refractivity contribution >= 4 is 11.8 Å². The summed E-state index contributed by atoms with van der Waals surface area (Å²) in [5, 5.41) is 5.18. The van der Waals surface area contributed by atoms with Gasteiger partial charge in [-0.3, -0.25) is 9.59 Å². The fourth-order valence-corrected chi connectivity index (χ4v) is 2.71. The third-order valence-corrected chi connectivity index (χ3v) is 4.30. The van der Waals surface area contributed by atoms with Crippen LogP contribution < -0.4 is 10.6 Å². The van der Waals surface area contributed by atoms with Crippen LogP contribution in [-0.4, -0.2) is 51.3 Å². The van der Waals surface area contributed by atoms with E-state index in [0.29, 0.717) is 31.6 Å². The summed E-state index contributed by atoms with van der Waals surface area (Å²) < 4.78 is 37.2. The number of hydrogen-bond donors (Lipinski definition) is 2. The van der Waals surface area contributed by atoms with E-state index < -0.39 is 17.5 Å². The number of amides is 2. The van der Waals surface area contributed by atoms with E-state index in [1.807, 2.05) is 0 Å². The number of carbonyl (C=O) groups excluding carboxylic acids is 2. The van der Waals surface area contributed by atoms with Gasteiger partial charge in [-0.05, 0) is 37.3 Å². The van der Waals surface area contributed by atoms with Gasteiger partial charge in [0.05, 0.1) is 5.56 Å². The van der Waals surface area contributed by atoms with Crippen molar-refractivity contribution in [2.24, 2.45) is 5.92 Å². The Balaban J connectivity index is 1.50. The molecule has 0 spiro atoms. The highest BCUT2D eigenvalue weighted by Gasteiger charge is 2.14. The molecule has 0 bridgehead atoms. The predicted octanol–water partition coefficient (Wildman–Crippen LogP) is 2.03. The number of halogens is 2. The Bertz CT molecular complexity index is 622. The Hall–Kier alpha value is -2.06. The summed E-state index contributed by atoms with van der Waals surface area (Å²) in [5.74, 6) is -2.01. The van der Waals surface area contributed by atoms with Crippen LogP contribution in [0.25, 0.3) is 0 Å². The largest absolute Gasteiger partial charge is 0.381 e. The van der Waals surface area contributed by atoms with Crippen LogP contribution in [0.4, 0.5) is 8.78 Å². The number of nitrogens with one attached hydrogen (secondary N) is 2. The maximum absolute atomic E-state index is 13.5. The van der Waals surface area contributed by atoms with Crippen molar-refractivity contribution in [1.82, 2.24) is 10.6 Å². The molecule has 0 saturated carbocycles. The molecule has 1 aliphatic rings. The Labute approximate surface area is 157 Å². The van der Waals surface area contributed by atoms with Gasteiger partial charge in [-0.2, -0.15) is 0 Å². The number of carbonyl (C=O) groups is 2. The number of rotatable bonds is 10. The van der Waals surface area contributed by atoms with E-state index in [4.69, 9.17) is 9.47 Å². The normalized spacial score (nSPS) is 14.7. The second kappa shape index (κ2) is 11.6. The SMILES string of the molecule is O=C(CCNC(=O)c1ccc(F)cc1F)NCCCOCC1CCOCC1. The molecule has 6 nitrogen and oxygen atoms in total. The van der Waals surface area contributed by atoms with E-state index in [2.05, 4.69) is 10.6 Å². The molecule has 1 aromatic rings. The first kappa shape index (κ1) is 21.2. The molecule has 1 saturated heterocycles. The minimum atomic E-state index is -0.933. The third kappa shape index (κ3) is 8.01. The molecule has 1 aliphatic heterocycles. The molecule has 2 rings (SSSR count). The maximum atomic E-state index is 13.5. The lowest BCUT2D eigenvalue weighted by Gasteiger charge is -2.21. The molecule has 0 aromatic heterocycles. The molecular weight excluding hydrogens is 358 g/mol. The quantitative estimate of drug-likeness (QED) is 0.606. The van der Waals surface area contributed by atoms with Crippen LogP contribution in [0.2, 0.25) is 0 Å². The second-order valence-corrected chi connectivity index (χ2v) is 6.46. The maximum Gasteiger partial charge on any atom is 0.254 e. The standard InChI is InChI=1S/C19H26F2N2O4/c20-15-2-3-16(17(21)12-15)19(25)23-8-4-18(24)22-7-1-9-27-13-14-5-10-26-11-6-14/h2-3,12,14H,1,4-11,13H2,(H,22,24)(H,23,25). The smallest absolute Gasteiger partial charge is 0.254 e. The molecule has 2 amide bonds. The topological polar surface area (TPSA) is 76.7 Å². The molecule has 0 unspecified atom stereocenters. The molecular formula is C19H26F2N2O4. The molecule has 1 fully saturated rings. The van der Waals surface area contributed by atoms with Crippen LogP contribution in [-0.2, 0) is 14.3 Å². The van der Waals surface area contributed by atoms with Crippen molar-refractivity contribution in [3.63, 3.8) is 0 Å². The van der Waals surface area contributed by atoms with Crippen molar-refractivity contribution in [1.29, 1.82) is 0 Å². The molecule has 1 aromatic carbocycles. The lowest BCUT2D eigenvalue weighted by molar-refractivity contribution is -0.121. The molecule has 1 heterocycles. The molecule has 27 heavy (non-hydrogen) atoms. The highest BCUT2D eigenvalue weighted by atomic mass is 19.1. The number of hydrogen-bond acceptors (Lipinski definition) is 4. The molecule has 0 aliphatic carbocycles. The van der Waals surface area contributed by atoms with Gasteiger partial charge >= 0.3 is 0 Å². The summed E-state index contributed by atoms with van der Waals surface area (Å²) in [7, 11) is 0. The Kier molecular flexibility index (Phi) is 9.13. The van der Waals surface area contributed by atoms with Crippen molar-refractivity contribution in [3.8, 4) is 0 Å². The van der Waals surface area contributed by atoms with Gasteiger partial charge in [0, 0.05) is 52.0 Å². The Morgan fingerprint density at radius 3 is 2.67 bits per heavy atom. The van der Waals surface area contributed by atoms with Crippen LogP contribution in [0, 0.1) is 17.6 Å². The second-order valence-electron chi connectivity index (χ2n) is 6.46. The molecule has 2 N–H and O–H groups in total. The van der Waals surface area contributed by atoms with E-state index in [9.17, 15) is 18.4 Å². The summed E-state index contributed by atoms with van der Waals surface area (Å²) in [5.41, 5.74) is -0.251. The number of benzene rings is 1. The zero-order valence-corrected chi connectivity index (χ0v) is 15.3.